The third-order valence-electron chi connectivity index (χ3n) is 4.13. The fourth-order valence-electron chi connectivity index (χ4n) is 2.69. The molecule has 0 radical (unpaired) electrons. The summed E-state index contributed by atoms with van der Waals surface area (Å²) in [5.41, 5.74) is 1.37. The lowest BCUT2D eigenvalue weighted by molar-refractivity contribution is -0.385. The van der Waals surface area contributed by atoms with E-state index >= 15 is 0 Å². The molecule has 1 unspecified atom stereocenters. The first-order valence-electron chi connectivity index (χ1n) is 8.68. The van der Waals surface area contributed by atoms with Crippen LogP contribution in [0.5, 0.6) is 11.5 Å². The van der Waals surface area contributed by atoms with Crippen molar-refractivity contribution in [3.8, 4) is 11.5 Å². The molecule has 3 rings (SSSR count). The Morgan fingerprint density at radius 3 is 2.46 bits per heavy atom. The number of hydrogen-bond acceptors (Lipinski definition) is 5. The van der Waals surface area contributed by atoms with Crippen molar-refractivity contribution in [2.24, 2.45) is 0 Å². The maximum absolute atomic E-state index is 11.4. The average Bonchev–Trinajstić information content (AvgIpc) is 2.71. The van der Waals surface area contributed by atoms with Crippen molar-refractivity contribution in [1.29, 1.82) is 0 Å². The molecule has 2 N–H and O–H groups in total. The third kappa shape index (κ3) is 5.07. The molecule has 0 amide bonds. The molecule has 3 aromatic carbocycles. The van der Waals surface area contributed by atoms with Crippen LogP contribution in [0.3, 0.4) is 0 Å². The minimum atomic E-state index is -0.654. The molecule has 0 aromatic heterocycles. The normalized spacial score (nSPS) is 11.8. The predicted octanol–water partition coefficient (Wildman–Crippen LogP) is 4.86. The summed E-state index contributed by atoms with van der Waals surface area (Å²) in [4.78, 5) is 11.0. The highest BCUT2D eigenvalue weighted by Crippen LogP contribution is 2.35. The number of halogens is 1. The number of aliphatic hydroxyl groups excluding tert-OH is 1. The van der Waals surface area contributed by atoms with E-state index in [0.29, 0.717) is 29.4 Å². The van der Waals surface area contributed by atoms with Gasteiger partial charge in [-0.2, -0.15) is 0 Å². The highest BCUT2D eigenvalue weighted by atomic mass is 35.5. The van der Waals surface area contributed by atoms with Gasteiger partial charge in [0, 0.05) is 19.2 Å². The molecule has 28 heavy (non-hydrogen) atoms. The molecule has 0 fully saturated rings. The SMILES string of the molecule is O=[N+]([O-])c1cc(CNCC(O)c2ccccc2)ccc1Oc1ccccc1Cl. The molecule has 0 heterocycles. The minimum Gasteiger partial charge on any atom is -0.449 e. The Labute approximate surface area is 167 Å². The summed E-state index contributed by atoms with van der Waals surface area (Å²) >= 11 is 6.06. The zero-order chi connectivity index (χ0) is 19.9. The number of ether oxygens (including phenoxy) is 1. The van der Waals surface area contributed by atoms with Gasteiger partial charge in [0.25, 0.3) is 0 Å². The van der Waals surface area contributed by atoms with E-state index in [1.54, 1.807) is 36.4 Å². The quantitative estimate of drug-likeness (QED) is 0.418. The summed E-state index contributed by atoms with van der Waals surface area (Å²) in [5, 5.41) is 25.1. The van der Waals surface area contributed by atoms with E-state index in [2.05, 4.69) is 5.32 Å². The topological polar surface area (TPSA) is 84.6 Å². The van der Waals surface area contributed by atoms with Crippen LogP contribution in [0, 0.1) is 10.1 Å². The van der Waals surface area contributed by atoms with E-state index in [1.165, 1.54) is 6.07 Å². The summed E-state index contributed by atoms with van der Waals surface area (Å²) in [6.07, 6.45) is -0.654. The Morgan fingerprint density at radius 1 is 1.04 bits per heavy atom. The van der Waals surface area contributed by atoms with Gasteiger partial charge in [-0.25, -0.2) is 0 Å². The van der Waals surface area contributed by atoms with Crippen LogP contribution < -0.4 is 10.1 Å². The molecule has 144 valence electrons. The Hall–Kier alpha value is -2.93. The first-order valence-corrected chi connectivity index (χ1v) is 9.06. The smallest absolute Gasteiger partial charge is 0.311 e. The van der Waals surface area contributed by atoms with Crippen LogP contribution in [0.15, 0.2) is 72.8 Å². The lowest BCUT2D eigenvalue weighted by Crippen LogP contribution is -2.21. The fraction of sp³-hybridized carbons (Fsp3) is 0.143. The van der Waals surface area contributed by atoms with E-state index in [-0.39, 0.29) is 11.4 Å². The molecule has 0 spiro atoms. The van der Waals surface area contributed by atoms with Gasteiger partial charge in [0.15, 0.2) is 0 Å². The number of nitro groups is 1. The van der Waals surface area contributed by atoms with Crippen LogP contribution in [0.1, 0.15) is 17.2 Å². The van der Waals surface area contributed by atoms with Crippen molar-refractivity contribution in [2.75, 3.05) is 6.54 Å². The molecule has 0 saturated carbocycles. The van der Waals surface area contributed by atoms with Crippen molar-refractivity contribution in [2.45, 2.75) is 12.6 Å². The summed E-state index contributed by atoms with van der Waals surface area (Å²) in [6.45, 7) is 0.701. The van der Waals surface area contributed by atoms with E-state index < -0.39 is 11.0 Å². The van der Waals surface area contributed by atoms with Gasteiger partial charge in [-0.3, -0.25) is 10.1 Å². The molecule has 6 nitrogen and oxygen atoms in total. The minimum absolute atomic E-state index is 0.117. The maximum atomic E-state index is 11.4. The first-order chi connectivity index (χ1) is 13.5. The van der Waals surface area contributed by atoms with Gasteiger partial charge in [0.2, 0.25) is 5.75 Å². The lowest BCUT2D eigenvalue weighted by atomic mass is 10.1. The first kappa shape index (κ1) is 19.8. The van der Waals surface area contributed by atoms with Crippen molar-refractivity contribution < 1.29 is 14.8 Å². The van der Waals surface area contributed by atoms with Crippen LogP contribution in [0.2, 0.25) is 5.02 Å². The monoisotopic (exact) mass is 398 g/mol. The lowest BCUT2D eigenvalue weighted by Gasteiger charge is -2.13. The zero-order valence-corrected chi connectivity index (χ0v) is 15.7. The van der Waals surface area contributed by atoms with Gasteiger partial charge in [-0.1, -0.05) is 60.1 Å². The molecule has 1 atom stereocenters. The zero-order valence-electron chi connectivity index (χ0n) is 14.9. The summed E-state index contributed by atoms with van der Waals surface area (Å²) in [5.74, 6) is 0.468. The van der Waals surface area contributed by atoms with Crippen LogP contribution in [-0.4, -0.2) is 16.6 Å². The Bertz CT molecular complexity index is 950. The highest BCUT2D eigenvalue weighted by molar-refractivity contribution is 6.32. The van der Waals surface area contributed by atoms with E-state index in [9.17, 15) is 15.2 Å². The molecule has 7 heteroatoms. The summed E-state index contributed by atoms with van der Waals surface area (Å²) < 4.78 is 5.62. The standard InChI is InChI=1S/C21H19ClN2O4/c22-17-8-4-5-9-20(17)28-21-11-10-15(12-18(21)24(26)27)13-23-14-19(25)16-6-2-1-3-7-16/h1-12,19,23,25H,13-14H2. The summed E-state index contributed by atoms with van der Waals surface area (Å²) in [6, 6.07) is 20.8. The number of hydrogen-bond donors (Lipinski definition) is 2. The number of nitrogens with one attached hydrogen (secondary N) is 1. The van der Waals surface area contributed by atoms with Gasteiger partial charge in [-0.05, 0) is 29.3 Å². The van der Waals surface area contributed by atoms with Crippen LogP contribution in [0.25, 0.3) is 0 Å². The van der Waals surface area contributed by atoms with Crippen LogP contribution in [-0.2, 0) is 6.54 Å². The summed E-state index contributed by atoms with van der Waals surface area (Å²) in [7, 11) is 0. The Kier molecular flexibility index (Phi) is 6.60. The van der Waals surface area contributed by atoms with E-state index in [1.807, 2.05) is 30.3 Å². The van der Waals surface area contributed by atoms with Gasteiger partial charge in [-0.15, -0.1) is 0 Å². The molecule has 0 bridgehead atoms. The van der Waals surface area contributed by atoms with Gasteiger partial charge < -0.3 is 15.2 Å². The molecule has 0 aliphatic heterocycles. The van der Waals surface area contributed by atoms with E-state index in [4.69, 9.17) is 16.3 Å². The number of rotatable bonds is 8. The van der Waals surface area contributed by atoms with Crippen molar-refractivity contribution in [1.82, 2.24) is 5.32 Å². The van der Waals surface area contributed by atoms with Crippen LogP contribution >= 0.6 is 11.6 Å². The predicted molar refractivity (Wildman–Crippen MR) is 108 cm³/mol. The van der Waals surface area contributed by atoms with Crippen molar-refractivity contribution in [3.05, 3.63) is 99.1 Å². The van der Waals surface area contributed by atoms with Crippen LogP contribution in [0.4, 0.5) is 5.69 Å². The largest absolute Gasteiger partial charge is 0.449 e. The van der Waals surface area contributed by atoms with Gasteiger partial charge >= 0.3 is 5.69 Å². The van der Waals surface area contributed by atoms with Crippen molar-refractivity contribution in [3.63, 3.8) is 0 Å². The Balaban J connectivity index is 1.67. The number of para-hydroxylation sites is 1. The number of benzene rings is 3. The molecule has 0 aliphatic rings. The molecular weight excluding hydrogens is 380 g/mol. The maximum Gasteiger partial charge on any atom is 0.311 e. The molecular formula is C21H19ClN2O4. The highest BCUT2D eigenvalue weighted by Gasteiger charge is 2.18. The molecule has 0 aliphatic carbocycles. The fourth-order valence-corrected chi connectivity index (χ4v) is 2.87. The van der Waals surface area contributed by atoms with Crippen molar-refractivity contribution >= 4 is 17.3 Å². The number of nitro benzene ring substituents is 1. The molecule has 0 saturated heterocycles. The van der Waals surface area contributed by atoms with E-state index in [0.717, 1.165) is 5.56 Å². The van der Waals surface area contributed by atoms with Gasteiger partial charge in [0.05, 0.1) is 16.0 Å². The number of nitrogens with zero attached hydrogens (tertiary/aromatic N) is 1. The molecule has 3 aromatic rings. The Morgan fingerprint density at radius 2 is 1.75 bits per heavy atom. The number of aliphatic hydroxyl groups is 1. The average molecular weight is 399 g/mol. The van der Waals surface area contributed by atoms with Gasteiger partial charge in [0.1, 0.15) is 5.75 Å². The second-order valence-corrected chi connectivity index (χ2v) is 6.56. The second-order valence-electron chi connectivity index (χ2n) is 6.15. The second kappa shape index (κ2) is 9.32. The third-order valence-corrected chi connectivity index (χ3v) is 4.44.